The molecule has 188 valence electrons. The topological polar surface area (TPSA) is 235 Å². The molecule has 0 fully saturated rings. The SMILES string of the molecule is Nc1c(S(=O)(=O)O)cc(Nc2ccc(S(=O)(=O)O)cc2S(=O)(=O)O)c2c1C(=O)c1ccccc1C2=O. The van der Waals surface area contributed by atoms with E-state index in [1.54, 1.807) is 0 Å². The molecule has 0 atom stereocenters. The first kappa shape index (κ1) is 25.4. The molecular weight excluding hydrogens is 540 g/mol. The number of benzene rings is 3. The monoisotopic (exact) mass is 554 g/mol. The van der Waals surface area contributed by atoms with Crippen LogP contribution in [-0.2, 0) is 30.4 Å². The molecule has 0 saturated heterocycles. The van der Waals surface area contributed by atoms with E-state index < -0.39 is 84.8 Å². The number of nitrogens with one attached hydrogen (secondary N) is 1. The number of carbonyl (C=O) groups is 2. The Hall–Kier alpha value is -3.67. The van der Waals surface area contributed by atoms with E-state index in [1.807, 2.05) is 0 Å². The Morgan fingerprint density at radius 1 is 0.639 bits per heavy atom. The summed E-state index contributed by atoms with van der Waals surface area (Å²) >= 11 is 0. The molecule has 0 spiro atoms. The predicted molar refractivity (Wildman–Crippen MR) is 123 cm³/mol. The molecule has 3 aromatic rings. The second kappa shape index (κ2) is 8.19. The number of hydrogen-bond donors (Lipinski definition) is 5. The second-order valence-electron chi connectivity index (χ2n) is 7.50. The Labute approximate surface area is 203 Å². The van der Waals surface area contributed by atoms with Crippen molar-refractivity contribution < 1.29 is 48.5 Å². The normalized spacial score (nSPS) is 13.8. The molecule has 6 N–H and O–H groups in total. The molecule has 0 bridgehead atoms. The number of nitrogen functional groups attached to an aromatic ring is 1. The standard InChI is InChI=1S/C20H14N2O11S3/c21-18-15(36(31,32)33)8-13(16-17(18)20(24)11-4-2-1-3-10(11)19(16)23)22-12-6-5-9(34(25,26)27)7-14(12)35(28,29)30/h1-8,22H,21H2,(H,25,26,27)(H,28,29,30)(H,31,32,33). The maximum absolute atomic E-state index is 13.3. The number of anilines is 3. The maximum atomic E-state index is 13.3. The molecule has 36 heavy (non-hydrogen) atoms. The first-order chi connectivity index (χ1) is 16.5. The molecule has 0 aromatic heterocycles. The molecule has 0 saturated carbocycles. The van der Waals surface area contributed by atoms with E-state index in [0.29, 0.717) is 12.1 Å². The van der Waals surface area contributed by atoms with Crippen molar-refractivity contribution in [3.05, 3.63) is 70.8 Å². The lowest BCUT2D eigenvalue weighted by Gasteiger charge is -2.24. The van der Waals surface area contributed by atoms with Crippen molar-refractivity contribution in [3.63, 3.8) is 0 Å². The van der Waals surface area contributed by atoms with Crippen LogP contribution in [0.4, 0.5) is 17.1 Å². The smallest absolute Gasteiger partial charge is 0.296 e. The minimum atomic E-state index is -5.16. The first-order valence-corrected chi connectivity index (χ1v) is 13.8. The van der Waals surface area contributed by atoms with E-state index in [9.17, 15) is 48.5 Å². The largest absolute Gasteiger partial charge is 0.397 e. The fraction of sp³-hybridized carbons (Fsp3) is 0. The Morgan fingerprint density at radius 2 is 1.17 bits per heavy atom. The summed E-state index contributed by atoms with van der Waals surface area (Å²) in [5.41, 5.74) is 2.81. The third kappa shape index (κ3) is 4.25. The molecule has 13 nitrogen and oxygen atoms in total. The highest BCUT2D eigenvalue weighted by Gasteiger charge is 2.37. The summed E-state index contributed by atoms with van der Waals surface area (Å²) in [7, 11) is -15.1. The number of ketones is 2. The average molecular weight is 555 g/mol. The Bertz CT molecular complexity index is 1830. The summed E-state index contributed by atoms with van der Waals surface area (Å²) in [6, 6.07) is 8.16. The van der Waals surface area contributed by atoms with Crippen LogP contribution in [0.5, 0.6) is 0 Å². The lowest BCUT2D eigenvalue weighted by Crippen LogP contribution is -2.25. The zero-order chi connectivity index (χ0) is 26.8. The summed E-state index contributed by atoms with van der Waals surface area (Å²) in [5.74, 6) is -1.66. The van der Waals surface area contributed by atoms with Crippen molar-refractivity contribution >= 4 is 59.0 Å². The average Bonchev–Trinajstić information content (AvgIpc) is 2.76. The van der Waals surface area contributed by atoms with Gasteiger partial charge in [-0.1, -0.05) is 24.3 Å². The van der Waals surface area contributed by atoms with E-state index in [-0.39, 0.29) is 11.1 Å². The van der Waals surface area contributed by atoms with Crippen LogP contribution in [0.2, 0.25) is 0 Å². The summed E-state index contributed by atoms with van der Waals surface area (Å²) in [5, 5.41) is 2.39. The summed E-state index contributed by atoms with van der Waals surface area (Å²) in [6.45, 7) is 0. The van der Waals surface area contributed by atoms with Gasteiger partial charge in [-0.15, -0.1) is 0 Å². The number of hydrogen-bond acceptors (Lipinski definition) is 10. The molecule has 1 aliphatic carbocycles. The first-order valence-electron chi connectivity index (χ1n) is 9.50. The van der Waals surface area contributed by atoms with Crippen molar-refractivity contribution in [1.82, 2.24) is 0 Å². The lowest BCUT2D eigenvalue weighted by molar-refractivity contribution is 0.0980. The Kier molecular flexibility index (Phi) is 5.78. The van der Waals surface area contributed by atoms with Crippen LogP contribution in [-0.4, -0.2) is 50.5 Å². The summed E-state index contributed by atoms with van der Waals surface area (Å²) < 4.78 is 99.2. The van der Waals surface area contributed by atoms with Crippen molar-refractivity contribution in [2.75, 3.05) is 11.1 Å². The van der Waals surface area contributed by atoms with Crippen molar-refractivity contribution in [2.24, 2.45) is 0 Å². The van der Waals surface area contributed by atoms with E-state index in [0.717, 1.165) is 12.1 Å². The van der Waals surface area contributed by atoms with Crippen LogP contribution in [0.25, 0.3) is 0 Å². The van der Waals surface area contributed by atoms with Gasteiger partial charge in [0, 0.05) is 11.1 Å². The van der Waals surface area contributed by atoms with Crippen LogP contribution in [0, 0.1) is 0 Å². The molecule has 4 rings (SSSR count). The van der Waals surface area contributed by atoms with Crippen LogP contribution >= 0.6 is 0 Å². The number of nitrogens with two attached hydrogens (primary N) is 1. The zero-order valence-corrected chi connectivity index (χ0v) is 20.0. The van der Waals surface area contributed by atoms with Gasteiger partial charge in [-0.2, -0.15) is 25.3 Å². The number of fused-ring (bicyclic) bond motifs is 2. The minimum Gasteiger partial charge on any atom is -0.397 e. The fourth-order valence-corrected chi connectivity index (χ4v) is 5.63. The number of carbonyl (C=O) groups excluding carboxylic acids is 2. The summed E-state index contributed by atoms with van der Waals surface area (Å²) in [6.07, 6.45) is 0. The van der Waals surface area contributed by atoms with Crippen LogP contribution < -0.4 is 11.1 Å². The highest BCUT2D eigenvalue weighted by molar-refractivity contribution is 7.87. The van der Waals surface area contributed by atoms with Gasteiger partial charge in [0.05, 0.1) is 33.1 Å². The molecule has 1 aliphatic rings. The molecule has 0 aliphatic heterocycles. The van der Waals surface area contributed by atoms with Crippen LogP contribution in [0.1, 0.15) is 31.8 Å². The second-order valence-corrected chi connectivity index (χ2v) is 11.7. The van der Waals surface area contributed by atoms with Gasteiger partial charge < -0.3 is 11.1 Å². The number of rotatable bonds is 5. The fourth-order valence-electron chi connectivity index (χ4n) is 3.73. The van der Waals surface area contributed by atoms with Gasteiger partial charge >= 0.3 is 0 Å². The molecular formula is C20H14N2O11S3. The Balaban J connectivity index is 2.05. The zero-order valence-electron chi connectivity index (χ0n) is 17.5. The van der Waals surface area contributed by atoms with Gasteiger partial charge in [0.15, 0.2) is 11.6 Å². The maximum Gasteiger partial charge on any atom is 0.296 e. The highest BCUT2D eigenvalue weighted by atomic mass is 32.2. The van der Waals surface area contributed by atoms with Gasteiger partial charge in [-0.3, -0.25) is 23.2 Å². The predicted octanol–water partition coefficient (Wildman–Crippen LogP) is 1.53. The highest BCUT2D eigenvalue weighted by Crippen LogP contribution is 2.40. The van der Waals surface area contributed by atoms with Crippen molar-refractivity contribution in [2.45, 2.75) is 14.7 Å². The van der Waals surface area contributed by atoms with Crippen LogP contribution in [0.3, 0.4) is 0 Å². The van der Waals surface area contributed by atoms with E-state index in [4.69, 9.17) is 5.73 Å². The third-order valence-corrected chi connectivity index (χ3v) is 7.91. The van der Waals surface area contributed by atoms with Crippen molar-refractivity contribution in [1.29, 1.82) is 0 Å². The summed E-state index contributed by atoms with van der Waals surface area (Å²) in [4.78, 5) is 23.5. The molecule has 3 aromatic carbocycles. The molecule has 16 heteroatoms. The van der Waals surface area contributed by atoms with Gasteiger partial charge in [-0.25, -0.2) is 0 Å². The quantitative estimate of drug-likeness (QED) is 0.174. The lowest BCUT2D eigenvalue weighted by atomic mass is 9.82. The molecule has 0 heterocycles. The minimum absolute atomic E-state index is 0.0752. The van der Waals surface area contributed by atoms with Crippen molar-refractivity contribution in [3.8, 4) is 0 Å². The van der Waals surface area contributed by atoms with Gasteiger partial charge in [0.2, 0.25) is 0 Å². The van der Waals surface area contributed by atoms with Crippen LogP contribution in [0.15, 0.2) is 63.2 Å². The third-order valence-electron chi connectivity index (χ3n) is 5.28. The van der Waals surface area contributed by atoms with E-state index in [1.165, 1.54) is 24.3 Å². The molecule has 0 amide bonds. The van der Waals surface area contributed by atoms with E-state index in [2.05, 4.69) is 5.32 Å². The van der Waals surface area contributed by atoms with Gasteiger partial charge in [0.1, 0.15) is 9.79 Å². The molecule has 0 radical (unpaired) electrons. The van der Waals surface area contributed by atoms with Gasteiger partial charge in [0.25, 0.3) is 30.4 Å². The molecule has 0 unspecified atom stereocenters. The Morgan fingerprint density at radius 3 is 1.67 bits per heavy atom. The van der Waals surface area contributed by atoms with E-state index >= 15 is 0 Å². The van der Waals surface area contributed by atoms with Gasteiger partial charge in [-0.05, 0) is 24.3 Å².